The van der Waals surface area contributed by atoms with Crippen LogP contribution in [-0.4, -0.2) is 42.6 Å². The molecule has 1 N–H and O–H groups in total. The number of nitrogens with zero attached hydrogens (tertiary/aromatic N) is 1. The number of benzene rings is 1. The summed E-state index contributed by atoms with van der Waals surface area (Å²) in [7, 11) is 0. The first-order valence-electron chi connectivity index (χ1n) is 8.55. The molecule has 1 aromatic rings. The molecule has 1 saturated heterocycles. The number of likely N-dealkylation sites (tertiary alicyclic amines) is 1. The van der Waals surface area contributed by atoms with Crippen LogP contribution in [0.1, 0.15) is 43.5 Å². The average Bonchev–Trinajstić information content (AvgIpc) is 3.07. The van der Waals surface area contributed by atoms with Crippen LogP contribution in [0.5, 0.6) is 11.5 Å². The zero-order valence-electron chi connectivity index (χ0n) is 14.2. The highest BCUT2D eigenvalue weighted by atomic mass is 16.7. The smallest absolute Gasteiger partial charge is 0.252 e. The molecule has 0 aliphatic carbocycles. The molecule has 0 bridgehead atoms. The SMILES string of the molecule is CC(C)[C@@H](NC(=O)c1ccc2c(c1)OCO2)C(=O)N1CCCCC1. The van der Waals surface area contributed by atoms with Crippen LogP contribution in [0.2, 0.25) is 0 Å². The second-order valence-electron chi connectivity index (χ2n) is 6.65. The summed E-state index contributed by atoms with van der Waals surface area (Å²) in [6, 6.07) is 4.54. The summed E-state index contributed by atoms with van der Waals surface area (Å²) in [6.07, 6.45) is 3.24. The van der Waals surface area contributed by atoms with Gasteiger partial charge in [-0.15, -0.1) is 0 Å². The number of amides is 2. The highest BCUT2D eigenvalue weighted by Crippen LogP contribution is 2.32. The number of carbonyl (C=O) groups is 2. The maximum absolute atomic E-state index is 12.8. The van der Waals surface area contributed by atoms with Gasteiger partial charge in [0.15, 0.2) is 11.5 Å². The standard InChI is InChI=1S/C18H24N2O4/c1-12(2)16(18(22)20-8-4-3-5-9-20)19-17(21)13-6-7-14-15(10-13)24-11-23-14/h6-7,10,12,16H,3-5,8-9,11H2,1-2H3,(H,19,21)/t16-/m1/s1. The molecule has 3 rings (SSSR count). The number of ether oxygens (including phenoxy) is 2. The topological polar surface area (TPSA) is 67.9 Å². The Labute approximate surface area is 142 Å². The Morgan fingerprint density at radius 3 is 2.50 bits per heavy atom. The van der Waals surface area contributed by atoms with Crippen molar-refractivity contribution in [1.29, 1.82) is 0 Å². The molecule has 2 aliphatic heterocycles. The van der Waals surface area contributed by atoms with Crippen LogP contribution in [-0.2, 0) is 4.79 Å². The van der Waals surface area contributed by atoms with Gasteiger partial charge in [-0.25, -0.2) is 0 Å². The van der Waals surface area contributed by atoms with E-state index >= 15 is 0 Å². The van der Waals surface area contributed by atoms with Crippen LogP contribution >= 0.6 is 0 Å². The average molecular weight is 332 g/mol. The van der Waals surface area contributed by atoms with Crippen molar-refractivity contribution in [3.8, 4) is 11.5 Å². The van der Waals surface area contributed by atoms with E-state index in [1.807, 2.05) is 18.7 Å². The van der Waals surface area contributed by atoms with Gasteiger partial charge in [-0.3, -0.25) is 9.59 Å². The summed E-state index contributed by atoms with van der Waals surface area (Å²) >= 11 is 0. The molecular formula is C18H24N2O4. The molecule has 24 heavy (non-hydrogen) atoms. The minimum atomic E-state index is -0.513. The number of nitrogens with one attached hydrogen (secondary N) is 1. The van der Waals surface area contributed by atoms with Crippen LogP contribution in [0.15, 0.2) is 18.2 Å². The van der Waals surface area contributed by atoms with Crippen LogP contribution in [0.4, 0.5) is 0 Å². The van der Waals surface area contributed by atoms with Gasteiger partial charge < -0.3 is 19.7 Å². The van der Waals surface area contributed by atoms with E-state index < -0.39 is 6.04 Å². The molecule has 2 aliphatic rings. The zero-order chi connectivity index (χ0) is 17.1. The number of hydrogen-bond donors (Lipinski definition) is 1. The summed E-state index contributed by atoms with van der Waals surface area (Å²) in [5, 5.41) is 2.89. The monoisotopic (exact) mass is 332 g/mol. The van der Waals surface area contributed by atoms with E-state index in [-0.39, 0.29) is 24.5 Å². The third kappa shape index (κ3) is 3.47. The predicted octanol–water partition coefficient (Wildman–Crippen LogP) is 2.18. The Kier molecular flexibility index (Phi) is 4.92. The molecule has 1 aromatic carbocycles. The quantitative estimate of drug-likeness (QED) is 0.918. The second kappa shape index (κ2) is 7.11. The lowest BCUT2D eigenvalue weighted by Crippen LogP contribution is -2.52. The molecule has 6 nitrogen and oxygen atoms in total. The van der Waals surface area contributed by atoms with Crippen LogP contribution < -0.4 is 14.8 Å². The molecular weight excluding hydrogens is 308 g/mol. The molecule has 0 unspecified atom stereocenters. The van der Waals surface area contributed by atoms with Gasteiger partial charge in [-0.1, -0.05) is 13.8 Å². The van der Waals surface area contributed by atoms with Crippen molar-refractivity contribution in [2.75, 3.05) is 19.9 Å². The van der Waals surface area contributed by atoms with Gasteiger partial charge >= 0.3 is 0 Å². The van der Waals surface area contributed by atoms with Crippen molar-refractivity contribution >= 4 is 11.8 Å². The Morgan fingerprint density at radius 2 is 1.79 bits per heavy atom. The van der Waals surface area contributed by atoms with Gasteiger partial charge in [0.1, 0.15) is 6.04 Å². The van der Waals surface area contributed by atoms with E-state index in [4.69, 9.17) is 9.47 Å². The number of fused-ring (bicyclic) bond motifs is 1. The van der Waals surface area contributed by atoms with Crippen molar-refractivity contribution < 1.29 is 19.1 Å². The fraction of sp³-hybridized carbons (Fsp3) is 0.556. The first-order valence-corrected chi connectivity index (χ1v) is 8.55. The maximum Gasteiger partial charge on any atom is 0.252 e. The highest BCUT2D eigenvalue weighted by molar-refractivity contribution is 5.98. The number of piperidine rings is 1. The lowest BCUT2D eigenvalue weighted by molar-refractivity contribution is -0.135. The van der Waals surface area contributed by atoms with Gasteiger partial charge in [0, 0.05) is 18.7 Å². The van der Waals surface area contributed by atoms with Crippen LogP contribution in [0.25, 0.3) is 0 Å². The van der Waals surface area contributed by atoms with Crippen molar-refractivity contribution in [1.82, 2.24) is 10.2 Å². The third-order valence-electron chi connectivity index (χ3n) is 4.52. The summed E-state index contributed by atoms with van der Waals surface area (Å²) in [5.41, 5.74) is 0.469. The minimum Gasteiger partial charge on any atom is -0.454 e. The molecule has 1 atom stereocenters. The first kappa shape index (κ1) is 16.6. The fourth-order valence-corrected chi connectivity index (χ4v) is 3.09. The van der Waals surface area contributed by atoms with Crippen LogP contribution in [0, 0.1) is 5.92 Å². The van der Waals surface area contributed by atoms with E-state index in [9.17, 15) is 9.59 Å². The first-order chi connectivity index (χ1) is 11.6. The Bertz CT molecular complexity index is 623. The summed E-state index contributed by atoms with van der Waals surface area (Å²) in [4.78, 5) is 27.2. The maximum atomic E-state index is 12.8. The molecule has 0 saturated carbocycles. The Balaban J connectivity index is 1.70. The molecule has 0 radical (unpaired) electrons. The predicted molar refractivity (Wildman–Crippen MR) is 89.1 cm³/mol. The van der Waals surface area contributed by atoms with Crippen molar-refractivity contribution in [2.24, 2.45) is 5.92 Å². The molecule has 6 heteroatoms. The Hall–Kier alpha value is -2.24. The van der Waals surface area contributed by atoms with E-state index in [1.54, 1.807) is 18.2 Å². The molecule has 2 heterocycles. The normalized spacial score (nSPS) is 17.7. The lowest BCUT2D eigenvalue weighted by Gasteiger charge is -2.32. The van der Waals surface area contributed by atoms with Gasteiger partial charge in [0.05, 0.1) is 0 Å². The van der Waals surface area contributed by atoms with Gasteiger partial charge in [-0.05, 0) is 43.4 Å². The minimum absolute atomic E-state index is 0.0128. The van der Waals surface area contributed by atoms with Crippen molar-refractivity contribution in [3.63, 3.8) is 0 Å². The summed E-state index contributed by atoms with van der Waals surface area (Å²) in [6.45, 7) is 5.63. The van der Waals surface area contributed by atoms with Gasteiger partial charge in [-0.2, -0.15) is 0 Å². The highest BCUT2D eigenvalue weighted by Gasteiger charge is 2.30. The summed E-state index contributed by atoms with van der Waals surface area (Å²) in [5.74, 6) is 0.969. The lowest BCUT2D eigenvalue weighted by atomic mass is 10.0. The molecule has 130 valence electrons. The number of carbonyl (C=O) groups excluding carboxylic acids is 2. The molecule has 1 fully saturated rings. The zero-order valence-corrected chi connectivity index (χ0v) is 14.2. The third-order valence-corrected chi connectivity index (χ3v) is 4.52. The summed E-state index contributed by atoms with van der Waals surface area (Å²) < 4.78 is 10.6. The molecule has 0 aromatic heterocycles. The van der Waals surface area contributed by atoms with E-state index in [0.717, 1.165) is 25.9 Å². The number of hydrogen-bond acceptors (Lipinski definition) is 4. The molecule has 0 spiro atoms. The van der Waals surface area contributed by atoms with E-state index in [1.165, 1.54) is 6.42 Å². The van der Waals surface area contributed by atoms with Gasteiger partial charge in [0.2, 0.25) is 12.7 Å². The van der Waals surface area contributed by atoms with Crippen LogP contribution in [0.3, 0.4) is 0 Å². The second-order valence-corrected chi connectivity index (χ2v) is 6.65. The van der Waals surface area contributed by atoms with Crippen molar-refractivity contribution in [2.45, 2.75) is 39.2 Å². The van der Waals surface area contributed by atoms with E-state index in [2.05, 4.69) is 5.32 Å². The van der Waals surface area contributed by atoms with E-state index in [0.29, 0.717) is 17.1 Å². The van der Waals surface area contributed by atoms with Crippen molar-refractivity contribution in [3.05, 3.63) is 23.8 Å². The number of rotatable bonds is 4. The fourth-order valence-electron chi connectivity index (χ4n) is 3.09. The largest absolute Gasteiger partial charge is 0.454 e. The molecule has 2 amide bonds. The van der Waals surface area contributed by atoms with Gasteiger partial charge in [0.25, 0.3) is 5.91 Å². The Morgan fingerprint density at radius 1 is 1.08 bits per heavy atom.